The third-order valence-electron chi connectivity index (χ3n) is 2.32. The Morgan fingerprint density at radius 1 is 1.56 bits per heavy atom. The lowest BCUT2D eigenvalue weighted by Crippen LogP contribution is -2.56. The van der Waals surface area contributed by atoms with E-state index in [0.29, 0.717) is 13.2 Å². The minimum atomic E-state index is -0.540. The molecule has 0 bridgehead atoms. The number of hydrogen-bond acceptors (Lipinski definition) is 3. The Kier molecular flexibility index (Phi) is 4.49. The van der Waals surface area contributed by atoms with Crippen LogP contribution < -0.4 is 5.32 Å². The Hall–Kier alpha value is -1.36. The standard InChI is InChI=1S/C11H18N2O3/c1-4-10(14)13-5-6-16-7-9(13)11(15)12-8(2)3/h4,8-9H,1,5-7H2,2-3H3,(H,12,15). The first-order chi connectivity index (χ1) is 7.56. The van der Waals surface area contributed by atoms with Crippen LogP contribution in [0.1, 0.15) is 13.8 Å². The molecule has 1 heterocycles. The topological polar surface area (TPSA) is 58.6 Å². The van der Waals surface area contributed by atoms with Gasteiger partial charge >= 0.3 is 0 Å². The molecule has 0 aliphatic carbocycles. The molecule has 1 rings (SSSR count). The van der Waals surface area contributed by atoms with Gasteiger partial charge in [0, 0.05) is 12.6 Å². The third kappa shape index (κ3) is 3.06. The summed E-state index contributed by atoms with van der Waals surface area (Å²) in [6.07, 6.45) is 1.22. The number of nitrogens with zero attached hydrogens (tertiary/aromatic N) is 1. The highest BCUT2D eigenvalue weighted by atomic mass is 16.5. The molecule has 2 amide bonds. The maximum atomic E-state index is 11.8. The van der Waals surface area contributed by atoms with Crippen LogP contribution in [-0.2, 0) is 14.3 Å². The zero-order valence-electron chi connectivity index (χ0n) is 9.73. The monoisotopic (exact) mass is 226 g/mol. The number of carbonyl (C=O) groups excluding carboxylic acids is 2. The summed E-state index contributed by atoms with van der Waals surface area (Å²) in [6, 6.07) is -0.489. The minimum absolute atomic E-state index is 0.0510. The number of carbonyl (C=O) groups is 2. The van der Waals surface area contributed by atoms with Gasteiger partial charge in [-0.15, -0.1) is 0 Å². The summed E-state index contributed by atoms with van der Waals surface area (Å²) in [5.74, 6) is -0.405. The zero-order valence-corrected chi connectivity index (χ0v) is 9.73. The first kappa shape index (κ1) is 12.7. The van der Waals surface area contributed by atoms with Crippen LogP contribution in [-0.4, -0.2) is 48.6 Å². The number of nitrogens with one attached hydrogen (secondary N) is 1. The molecule has 0 aromatic carbocycles. The van der Waals surface area contributed by atoms with E-state index in [1.54, 1.807) is 0 Å². The number of rotatable bonds is 3. The molecular formula is C11H18N2O3. The molecular weight excluding hydrogens is 208 g/mol. The van der Waals surface area contributed by atoms with E-state index in [4.69, 9.17) is 4.74 Å². The number of amides is 2. The lowest BCUT2D eigenvalue weighted by atomic mass is 10.2. The number of ether oxygens (including phenoxy) is 1. The Morgan fingerprint density at radius 3 is 2.81 bits per heavy atom. The predicted molar refractivity (Wildman–Crippen MR) is 59.8 cm³/mol. The van der Waals surface area contributed by atoms with Crippen molar-refractivity contribution < 1.29 is 14.3 Å². The summed E-state index contributed by atoms with van der Waals surface area (Å²) >= 11 is 0. The largest absolute Gasteiger partial charge is 0.377 e. The first-order valence-corrected chi connectivity index (χ1v) is 5.37. The van der Waals surface area contributed by atoms with Crippen molar-refractivity contribution in [2.75, 3.05) is 19.8 Å². The molecule has 0 spiro atoms. The van der Waals surface area contributed by atoms with Gasteiger partial charge in [0.2, 0.25) is 11.8 Å². The van der Waals surface area contributed by atoms with Gasteiger partial charge in [-0.3, -0.25) is 9.59 Å². The Balaban J connectivity index is 2.69. The Labute approximate surface area is 95.4 Å². The second kappa shape index (κ2) is 5.65. The average Bonchev–Trinajstić information content (AvgIpc) is 2.27. The van der Waals surface area contributed by atoms with Crippen molar-refractivity contribution in [3.8, 4) is 0 Å². The highest BCUT2D eigenvalue weighted by Crippen LogP contribution is 2.08. The van der Waals surface area contributed by atoms with Crippen LogP contribution in [0.25, 0.3) is 0 Å². The fourth-order valence-electron chi connectivity index (χ4n) is 1.58. The molecule has 1 N–H and O–H groups in total. The van der Waals surface area contributed by atoms with E-state index in [1.807, 2.05) is 13.8 Å². The quantitative estimate of drug-likeness (QED) is 0.685. The van der Waals surface area contributed by atoms with Crippen molar-refractivity contribution in [2.24, 2.45) is 0 Å². The molecule has 90 valence electrons. The van der Waals surface area contributed by atoms with E-state index >= 15 is 0 Å². The summed E-state index contributed by atoms with van der Waals surface area (Å²) in [6.45, 7) is 8.32. The van der Waals surface area contributed by atoms with Crippen LogP contribution in [0, 0.1) is 0 Å². The van der Waals surface area contributed by atoms with Crippen LogP contribution in [0.4, 0.5) is 0 Å². The number of hydrogen-bond donors (Lipinski definition) is 1. The molecule has 1 fully saturated rings. The minimum Gasteiger partial charge on any atom is -0.377 e. The maximum Gasteiger partial charge on any atom is 0.246 e. The van der Waals surface area contributed by atoms with Crippen molar-refractivity contribution in [1.82, 2.24) is 10.2 Å². The highest BCUT2D eigenvalue weighted by molar-refractivity contribution is 5.92. The zero-order chi connectivity index (χ0) is 12.1. The highest BCUT2D eigenvalue weighted by Gasteiger charge is 2.31. The maximum absolute atomic E-state index is 11.8. The molecule has 1 unspecified atom stereocenters. The van der Waals surface area contributed by atoms with Crippen molar-refractivity contribution in [2.45, 2.75) is 25.9 Å². The molecule has 0 aromatic heterocycles. The fraction of sp³-hybridized carbons (Fsp3) is 0.636. The molecule has 1 atom stereocenters. The molecule has 1 aliphatic rings. The van der Waals surface area contributed by atoms with E-state index in [2.05, 4.69) is 11.9 Å². The van der Waals surface area contributed by atoms with E-state index in [0.717, 1.165) is 0 Å². The van der Waals surface area contributed by atoms with Gasteiger partial charge in [-0.05, 0) is 19.9 Å². The third-order valence-corrected chi connectivity index (χ3v) is 2.32. The normalized spacial score (nSPS) is 20.7. The van der Waals surface area contributed by atoms with Gasteiger partial charge in [-0.2, -0.15) is 0 Å². The van der Waals surface area contributed by atoms with Crippen LogP contribution >= 0.6 is 0 Å². The van der Waals surface area contributed by atoms with Gasteiger partial charge in [-0.1, -0.05) is 6.58 Å². The van der Waals surface area contributed by atoms with E-state index in [9.17, 15) is 9.59 Å². The summed E-state index contributed by atoms with van der Waals surface area (Å²) in [4.78, 5) is 24.9. The second-order valence-corrected chi connectivity index (χ2v) is 3.99. The first-order valence-electron chi connectivity index (χ1n) is 5.37. The molecule has 5 heteroatoms. The molecule has 0 radical (unpaired) electrons. The van der Waals surface area contributed by atoms with Crippen LogP contribution in [0.2, 0.25) is 0 Å². The van der Waals surface area contributed by atoms with Crippen LogP contribution in [0.15, 0.2) is 12.7 Å². The van der Waals surface area contributed by atoms with Crippen molar-refractivity contribution in [1.29, 1.82) is 0 Å². The molecule has 5 nitrogen and oxygen atoms in total. The summed E-state index contributed by atoms with van der Waals surface area (Å²) < 4.78 is 5.22. The lowest BCUT2D eigenvalue weighted by molar-refractivity contribution is -0.145. The van der Waals surface area contributed by atoms with Gasteiger partial charge in [0.1, 0.15) is 6.04 Å². The molecule has 0 aromatic rings. The summed E-state index contributed by atoms with van der Waals surface area (Å²) in [5.41, 5.74) is 0. The lowest BCUT2D eigenvalue weighted by Gasteiger charge is -2.34. The van der Waals surface area contributed by atoms with Crippen LogP contribution in [0.5, 0.6) is 0 Å². The van der Waals surface area contributed by atoms with E-state index < -0.39 is 6.04 Å². The van der Waals surface area contributed by atoms with Gasteiger partial charge in [0.05, 0.1) is 13.2 Å². The molecule has 0 saturated carbocycles. The Morgan fingerprint density at radius 2 is 2.25 bits per heavy atom. The average molecular weight is 226 g/mol. The smallest absolute Gasteiger partial charge is 0.246 e. The summed E-state index contributed by atoms with van der Waals surface area (Å²) in [5, 5.41) is 2.77. The van der Waals surface area contributed by atoms with Gasteiger partial charge in [-0.25, -0.2) is 0 Å². The van der Waals surface area contributed by atoms with Crippen molar-refractivity contribution in [3.05, 3.63) is 12.7 Å². The molecule has 1 aliphatic heterocycles. The van der Waals surface area contributed by atoms with Crippen molar-refractivity contribution >= 4 is 11.8 Å². The molecule has 16 heavy (non-hydrogen) atoms. The number of morpholine rings is 1. The van der Waals surface area contributed by atoms with Gasteiger partial charge in [0.25, 0.3) is 0 Å². The van der Waals surface area contributed by atoms with Crippen LogP contribution in [0.3, 0.4) is 0 Å². The summed E-state index contributed by atoms with van der Waals surface area (Å²) in [7, 11) is 0. The van der Waals surface area contributed by atoms with Crippen molar-refractivity contribution in [3.63, 3.8) is 0 Å². The second-order valence-electron chi connectivity index (χ2n) is 3.99. The predicted octanol–water partition coefficient (Wildman–Crippen LogP) is -0.0756. The van der Waals surface area contributed by atoms with E-state index in [-0.39, 0.29) is 24.5 Å². The molecule has 1 saturated heterocycles. The SMILES string of the molecule is C=CC(=O)N1CCOCC1C(=O)NC(C)C. The van der Waals surface area contributed by atoms with Gasteiger partial charge < -0.3 is 15.0 Å². The van der Waals surface area contributed by atoms with E-state index in [1.165, 1.54) is 11.0 Å². The van der Waals surface area contributed by atoms with Gasteiger partial charge in [0.15, 0.2) is 0 Å². The fourth-order valence-corrected chi connectivity index (χ4v) is 1.58. The Bertz CT molecular complexity index is 289.